The lowest BCUT2D eigenvalue weighted by Gasteiger charge is -2.14. The first-order valence-electron chi connectivity index (χ1n) is 7.89. The number of hydrogen-bond donors (Lipinski definition) is 2. The summed E-state index contributed by atoms with van der Waals surface area (Å²) in [6.45, 7) is 3.38. The first-order chi connectivity index (χ1) is 12.7. The molecule has 0 aliphatic rings. The van der Waals surface area contributed by atoms with Crippen LogP contribution in [0.2, 0.25) is 5.02 Å². The third-order valence-corrected chi connectivity index (χ3v) is 5.46. The Balaban J connectivity index is 2.38. The Hall–Kier alpha value is -2.60. The molecule has 1 amide bonds. The Morgan fingerprint density at radius 3 is 2.52 bits per heavy atom. The SMILES string of the molecule is COc1ccc(C(=O)Nc2ccc(Cl)c(C#N)c2)cc1S(=O)(=O)NC(C)C. The summed E-state index contributed by atoms with van der Waals surface area (Å²) >= 11 is 5.87. The lowest BCUT2D eigenvalue weighted by Crippen LogP contribution is -2.30. The van der Waals surface area contributed by atoms with E-state index < -0.39 is 15.9 Å². The highest BCUT2D eigenvalue weighted by molar-refractivity contribution is 7.89. The molecule has 0 saturated carbocycles. The van der Waals surface area contributed by atoms with E-state index in [-0.39, 0.29) is 32.8 Å². The molecule has 0 heterocycles. The predicted octanol–water partition coefficient (Wildman–Crippen LogP) is 3.16. The van der Waals surface area contributed by atoms with E-state index in [0.717, 1.165) is 0 Å². The van der Waals surface area contributed by atoms with Crippen LogP contribution < -0.4 is 14.8 Å². The van der Waals surface area contributed by atoms with Crippen LogP contribution in [0.25, 0.3) is 0 Å². The van der Waals surface area contributed by atoms with Crippen LogP contribution >= 0.6 is 11.6 Å². The Morgan fingerprint density at radius 2 is 1.93 bits per heavy atom. The van der Waals surface area contributed by atoms with Crippen molar-refractivity contribution in [2.75, 3.05) is 12.4 Å². The third-order valence-electron chi connectivity index (χ3n) is 3.45. The van der Waals surface area contributed by atoms with E-state index >= 15 is 0 Å². The van der Waals surface area contributed by atoms with Gasteiger partial charge >= 0.3 is 0 Å². The molecule has 0 unspecified atom stereocenters. The van der Waals surface area contributed by atoms with E-state index in [1.807, 2.05) is 6.07 Å². The molecule has 142 valence electrons. The van der Waals surface area contributed by atoms with Gasteiger partial charge in [0.2, 0.25) is 10.0 Å². The van der Waals surface area contributed by atoms with Gasteiger partial charge in [0.1, 0.15) is 16.7 Å². The molecule has 2 rings (SSSR count). The van der Waals surface area contributed by atoms with Crippen molar-refractivity contribution in [2.45, 2.75) is 24.8 Å². The summed E-state index contributed by atoms with van der Waals surface area (Å²) in [5.74, 6) is -0.414. The van der Waals surface area contributed by atoms with Gasteiger partial charge in [0.05, 0.1) is 17.7 Å². The lowest BCUT2D eigenvalue weighted by atomic mass is 10.1. The van der Waals surface area contributed by atoms with E-state index in [1.165, 1.54) is 37.4 Å². The van der Waals surface area contributed by atoms with Crippen LogP contribution in [-0.2, 0) is 10.0 Å². The van der Waals surface area contributed by atoms with Crippen molar-refractivity contribution >= 4 is 33.2 Å². The van der Waals surface area contributed by atoms with Crippen LogP contribution in [0.15, 0.2) is 41.3 Å². The molecule has 2 N–H and O–H groups in total. The number of benzene rings is 2. The van der Waals surface area contributed by atoms with Crippen molar-refractivity contribution < 1.29 is 17.9 Å². The monoisotopic (exact) mass is 407 g/mol. The Labute approximate surface area is 163 Å². The molecular formula is C18H18ClN3O4S. The molecule has 0 aliphatic heterocycles. The summed E-state index contributed by atoms with van der Waals surface area (Å²) in [5.41, 5.74) is 0.698. The number of nitriles is 1. The van der Waals surface area contributed by atoms with E-state index in [2.05, 4.69) is 10.0 Å². The van der Waals surface area contributed by atoms with Gasteiger partial charge in [-0.2, -0.15) is 5.26 Å². The first-order valence-corrected chi connectivity index (χ1v) is 9.75. The second kappa shape index (κ2) is 8.39. The molecule has 0 saturated heterocycles. The molecule has 9 heteroatoms. The van der Waals surface area contributed by atoms with E-state index in [4.69, 9.17) is 21.6 Å². The number of hydrogen-bond acceptors (Lipinski definition) is 5. The van der Waals surface area contributed by atoms with Crippen molar-refractivity contribution in [1.82, 2.24) is 4.72 Å². The summed E-state index contributed by atoms with van der Waals surface area (Å²) in [6.07, 6.45) is 0. The number of methoxy groups -OCH3 is 1. The fourth-order valence-electron chi connectivity index (χ4n) is 2.29. The molecule has 0 radical (unpaired) electrons. The van der Waals surface area contributed by atoms with Crippen molar-refractivity contribution in [3.05, 3.63) is 52.5 Å². The van der Waals surface area contributed by atoms with Crippen LogP contribution in [0.1, 0.15) is 29.8 Å². The maximum atomic E-state index is 12.5. The highest BCUT2D eigenvalue weighted by Crippen LogP contribution is 2.26. The average Bonchev–Trinajstić information content (AvgIpc) is 2.61. The zero-order valence-corrected chi connectivity index (χ0v) is 16.5. The summed E-state index contributed by atoms with van der Waals surface area (Å²) in [6, 6.07) is 10.2. The standard InChI is InChI=1S/C18H18ClN3O4S/c1-11(2)22-27(24,25)17-9-12(4-7-16(17)26-3)18(23)21-14-5-6-15(19)13(8-14)10-20/h4-9,11,22H,1-3H3,(H,21,23). The lowest BCUT2D eigenvalue weighted by molar-refractivity contribution is 0.102. The molecule has 0 atom stereocenters. The summed E-state index contributed by atoms with van der Waals surface area (Å²) in [5, 5.41) is 11.9. The van der Waals surface area contributed by atoms with Gasteiger partial charge in [0.25, 0.3) is 5.91 Å². The Morgan fingerprint density at radius 1 is 1.22 bits per heavy atom. The summed E-state index contributed by atoms with van der Waals surface area (Å²) < 4.78 is 32.6. The highest BCUT2D eigenvalue weighted by atomic mass is 35.5. The minimum absolute atomic E-state index is 0.119. The number of carbonyl (C=O) groups excluding carboxylic acids is 1. The van der Waals surface area contributed by atoms with Crippen LogP contribution in [0, 0.1) is 11.3 Å². The normalized spacial score (nSPS) is 11.1. The highest BCUT2D eigenvalue weighted by Gasteiger charge is 2.22. The van der Waals surface area contributed by atoms with Gasteiger partial charge in [-0.3, -0.25) is 4.79 Å². The van der Waals surface area contributed by atoms with Gasteiger partial charge in [0.15, 0.2) is 0 Å². The average molecular weight is 408 g/mol. The molecule has 27 heavy (non-hydrogen) atoms. The van der Waals surface area contributed by atoms with Gasteiger partial charge in [-0.15, -0.1) is 0 Å². The number of nitrogens with zero attached hydrogens (tertiary/aromatic N) is 1. The van der Waals surface area contributed by atoms with Crippen LogP contribution in [0.5, 0.6) is 5.75 Å². The number of sulfonamides is 1. The quantitative estimate of drug-likeness (QED) is 0.764. The number of anilines is 1. The van der Waals surface area contributed by atoms with E-state index in [0.29, 0.717) is 5.69 Å². The van der Waals surface area contributed by atoms with Gasteiger partial charge < -0.3 is 10.1 Å². The van der Waals surface area contributed by atoms with Crippen LogP contribution in [0.4, 0.5) is 5.69 Å². The van der Waals surface area contributed by atoms with Gasteiger partial charge in [-0.1, -0.05) is 11.6 Å². The van der Waals surface area contributed by atoms with Crippen molar-refractivity contribution in [3.8, 4) is 11.8 Å². The molecule has 0 bridgehead atoms. The van der Waals surface area contributed by atoms with Gasteiger partial charge in [-0.25, -0.2) is 13.1 Å². The Kier molecular flexibility index (Phi) is 6.44. The molecule has 2 aromatic rings. The van der Waals surface area contributed by atoms with Crippen molar-refractivity contribution in [3.63, 3.8) is 0 Å². The van der Waals surface area contributed by atoms with Crippen molar-refractivity contribution in [1.29, 1.82) is 5.26 Å². The first kappa shape index (κ1) is 20.7. The second-order valence-corrected chi connectivity index (χ2v) is 7.99. The number of amides is 1. The Bertz CT molecular complexity index is 1010. The minimum atomic E-state index is -3.86. The molecule has 0 aromatic heterocycles. The number of rotatable bonds is 6. The molecule has 0 aliphatic carbocycles. The number of nitrogens with one attached hydrogen (secondary N) is 2. The molecule has 2 aromatic carbocycles. The fourth-order valence-corrected chi connectivity index (χ4v) is 3.90. The molecule has 0 spiro atoms. The predicted molar refractivity (Wildman–Crippen MR) is 103 cm³/mol. The third kappa shape index (κ3) is 4.98. The van der Waals surface area contributed by atoms with E-state index in [9.17, 15) is 13.2 Å². The number of ether oxygens (including phenoxy) is 1. The van der Waals surface area contributed by atoms with Gasteiger partial charge in [0, 0.05) is 17.3 Å². The second-order valence-electron chi connectivity index (χ2n) is 5.90. The summed E-state index contributed by atoms with van der Waals surface area (Å²) in [4.78, 5) is 12.4. The van der Waals surface area contributed by atoms with E-state index in [1.54, 1.807) is 19.9 Å². The topological polar surface area (TPSA) is 108 Å². The van der Waals surface area contributed by atoms with Crippen LogP contribution in [-0.4, -0.2) is 27.5 Å². The molecule has 0 fully saturated rings. The fraction of sp³-hybridized carbons (Fsp3) is 0.222. The molecule has 7 nitrogen and oxygen atoms in total. The molecular weight excluding hydrogens is 390 g/mol. The minimum Gasteiger partial charge on any atom is -0.495 e. The van der Waals surface area contributed by atoms with Crippen molar-refractivity contribution in [2.24, 2.45) is 0 Å². The number of carbonyl (C=O) groups is 1. The maximum absolute atomic E-state index is 12.5. The summed E-state index contributed by atoms with van der Waals surface area (Å²) in [7, 11) is -2.52. The zero-order valence-electron chi connectivity index (χ0n) is 14.9. The maximum Gasteiger partial charge on any atom is 0.255 e. The largest absolute Gasteiger partial charge is 0.495 e. The smallest absolute Gasteiger partial charge is 0.255 e. The van der Waals surface area contributed by atoms with Gasteiger partial charge in [-0.05, 0) is 50.2 Å². The van der Waals surface area contributed by atoms with Crippen LogP contribution in [0.3, 0.4) is 0 Å². The zero-order chi connectivity index (χ0) is 20.2. The number of halogens is 1.